The molecule has 0 amide bonds. The number of H-pyrrole nitrogens is 1. The standard InChI is InChI=1S/C8H6N2O.2ClH.H3N.Pt/c11-8-7-4-2-1-3-6(7)5-9-10-8;;;;/h1-5H,(H,10,11);2*1H;1H3;/q;;;;+2/p-2. The molecule has 86 valence electrons. The fraction of sp³-hybridized carbons (Fsp3) is 0. The van der Waals surface area contributed by atoms with Crippen LogP contribution in [0, 0.1) is 0 Å². The minimum atomic E-state index is -0.136. The second kappa shape index (κ2) is 8.86. The predicted octanol–water partition coefficient (Wildman–Crippen LogP) is -4.91. The molecule has 2 rings (SSSR count). The second-order valence-electron chi connectivity index (χ2n) is 2.29. The number of hydrogen-bond acceptors (Lipinski definition) is 3. The number of nitrogens with one attached hydrogen (secondary N) is 1. The Morgan fingerprint density at radius 3 is 2.33 bits per heavy atom. The molecule has 0 bridgehead atoms. The van der Waals surface area contributed by atoms with E-state index in [0.717, 1.165) is 5.39 Å². The maximum atomic E-state index is 11.1. The van der Waals surface area contributed by atoms with E-state index in [9.17, 15) is 4.79 Å². The molecule has 0 aliphatic carbocycles. The number of benzene rings is 1. The average molecular weight is 429 g/mol. The summed E-state index contributed by atoms with van der Waals surface area (Å²) in [4.78, 5) is 11.1. The van der Waals surface area contributed by atoms with Gasteiger partial charge in [0, 0.05) is 10.8 Å². The summed E-state index contributed by atoms with van der Waals surface area (Å²) >= 11 is 0. The summed E-state index contributed by atoms with van der Waals surface area (Å²) < 4.78 is 0. The molecule has 4 N–H and O–H groups in total. The third kappa shape index (κ3) is 4.30. The first kappa shape index (κ1) is 20.1. The number of aromatic nitrogens is 2. The van der Waals surface area contributed by atoms with Crippen LogP contribution < -0.4 is 36.5 Å². The molecule has 1 aromatic carbocycles. The van der Waals surface area contributed by atoms with Gasteiger partial charge in [-0.25, -0.2) is 5.10 Å². The van der Waals surface area contributed by atoms with Crippen LogP contribution in [0.1, 0.15) is 0 Å². The molecule has 0 atom stereocenters. The van der Waals surface area contributed by atoms with Crippen LogP contribution in [0.2, 0.25) is 0 Å². The number of aromatic amines is 1. The molecule has 0 aliphatic rings. The van der Waals surface area contributed by atoms with Gasteiger partial charge in [0.05, 0.1) is 6.20 Å². The van der Waals surface area contributed by atoms with Gasteiger partial charge in [0.1, 0.15) is 0 Å². The maximum Gasteiger partial charge on any atom is 2.00 e. The summed E-state index contributed by atoms with van der Waals surface area (Å²) in [6, 6.07) is 7.34. The number of halogens is 2. The molecule has 0 fully saturated rings. The first-order valence-electron chi connectivity index (χ1n) is 3.30. The molecule has 0 saturated heterocycles. The Kier molecular flexibility index (Phi) is 11.8. The topological polar surface area (TPSA) is 80.8 Å². The quantitative estimate of drug-likeness (QED) is 0.441. The van der Waals surface area contributed by atoms with E-state index in [1.807, 2.05) is 18.2 Å². The Balaban J connectivity index is -0.000000360. The van der Waals surface area contributed by atoms with Gasteiger partial charge in [0.2, 0.25) is 0 Å². The summed E-state index contributed by atoms with van der Waals surface area (Å²) in [6.45, 7) is 0. The summed E-state index contributed by atoms with van der Waals surface area (Å²) in [5.41, 5.74) is -0.136. The van der Waals surface area contributed by atoms with Crippen LogP contribution in [0.25, 0.3) is 10.8 Å². The molecule has 1 aromatic heterocycles. The van der Waals surface area contributed by atoms with Gasteiger partial charge < -0.3 is 31.0 Å². The van der Waals surface area contributed by atoms with Gasteiger partial charge in [0.25, 0.3) is 5.56 Å². The molecule has 15 heavy (non-hydrogen) atoms. The SMILES string of the molecule is N.O=c1[nH]ncc2ccccc12.[Cl-].[Cl-].[Pt+2]. The first-order valence-corrected chi connectivity index (χ1v) is 3.30. The van der Waals surface area contributed by atoms with Gasteiger partial charge in [0.15, 0.2) is 0 Å². The molecular weight excluding hydrogens is 420 g/mol. The van der Waals surface area contributed by atoms with Gasteiger partial charge in [-0.1, -0.05) is 18.2 Å². The maximum absolute atomic E-state index is 11.1. The van der Waals surface area contributed by atoms with Crippen molar-refractivity contribution < 1.29 is 45.9 Å². The number of nitrogens with zero attached hydrogens (tertiary/aromatic N) is 1. The normalized spacial score (nSPS) is 7.47. The van der Waals surface area contributed by atoms with Gasteiger partial charge in [-0.15, -0.1) is 0 Å². The molecule has 0 spiro atoms. The van der Waals surface area contributed by atoms with Crippen molar-refractivity contribution in [3.05, 3.63) is 40.8 Å². The van der Waals surface area contributed by atoms with Crippen LogP contribution >= 0.6 is 0 Å². The second-order valence-corrected chi connectivity index (χ2v) is 2.29. The van der Waals surface area contributed by atoms with Gasteiger partial charge in [-0.2, -0.15) is 5.10 Å². The van der Waals surface area contributed by atoms with Crippen molar-refractivity contribution in [2.24, 2.45) is 0 Å². The molecule has 2 aromatic rings. The fourth-order valence-electron chi connectivity index (χ4n) is 1.04. The zero-order valence-corrected chi connectivity index (χ0v) is 11.3. The van der Waals surface area contributed by atoms with Crippen molar-refractivity contribution in [1.29, 1.82) is 0 Å². The van der Waals surface area contributed by atoms with Gasteiger partial charge in [-0.3, -0.25) is 4.79 Å². The largest absolute Gasteiger partial charge is 2.00 e. The average Bonchev–Trinajstić information content (AvgIpc) is 2.06. The molecule has 0 saturated carbocycles. The van der Waals surface area contributed by atoms with Crippen LogP contribution in [-0.4, -0.2) is 10.2 Å². The zero-order valence-electron chi connectivity index (χ0n) is 7.52. The van der Waals surface area contributed by atoms with E-state index in [0.29, 0.717) is 5.39 Å². The van der Waals surface area contributed by atoms with Crippen molar-refractivity contribution in [3.8, 4) is 0 Å². The van der Waals surface area contributed by atoms with Crippen LogP contribution in [0.4, 0.5) is 0 Å². The number of hydrogen-bond donors (Lipinski definition) is 2. The van der Waals surface area contributed by atoms with Crippen molar-refractivity contribution >= 4 is 10.8 Å². The molecular formula is C8H9Cl2N3OPt. The summed E-state index contributed by atoms with van der Waals surface area (Å²) in [7, 11) is 0. The third-order valence-corrected chi connectivity index (χ3v) is 1.58. The van der Waals surface area contributed by atoms with Crippen LogP contribution in [0.3, 0.4) is 0 Å². The summed E-state index contributed by atoms with van der Waals surface area (Å²) in [6.07, 6.45) is 1.64. The Morgan fingerprint density at radius 2 is 1.73 bits per heavy atom. The van der Waals surface area contributed by atoms with Crippen molar-refractivity contribution in [3.63, 3.8) is 0 Å². The first-order chi connectivity index (χ1) is 5.38. The molecule has 0 unspecified atom stereocenters. The van der Waals surface area contributed by atoms with E-state index in [2.05, 4.69) is 10.2 Å². The summed E-state index contributed by atoms with van der Waals surface area (Å²) in [5, 5.41) is 7.60. The smallest absolute Gasteiger partial charge is 1.00 e. The van der Waals surface area contributed by atoms with Crippen LogP contribution in [-0.2, 0) is 21.1 Å². The molecule has 0 radical (unpaired) electrons. The minimum absolute atomic E-state index is 0. The molecule has 0 aliphatic heterocycles. The van der Waals surface area contributed by atoms with Crippen LogP contribution in [0.5, 0.6) is 0 Å². The predicted molar refractivity (Wildman–Crippen MR) is 47.4 cm³/mol. The van der Waals surface area contributed by atoms with E-state index >= 15 is 0 Å². The number of rotatable bonds is 0. The van der Waals surface area contributed by atoms with E-state index < -0.39 is 0 Å². The minimum Gasteiger partial charge on any atom is -1.00 e. The number of fused-ring (bicyclic) bond motifs is 1. The van der Waals surface area contributed by atoms with Crippen LogP contribution in [0.15, 0.2) is 35.3 Å². The van der Waals surface area contributed by atoms with Gasteiger partial charge >= 0.3 is 21.1 Å². The fourth-order valence-corrected chi connectivity index (χ4v) is 1.04. The Morgan fingerprint density at radius 1 is 1.13 bits per heavy atom. The zero-order chi connectivity index (χ0) is 7.68. The third-order valence-electron chi connectivity index (χ3n) is 1.58. The molecule has 1 heterocycles. The summed E-state index contributed by atoms with van der Waals surface area (Å²) in [5.74, 6) is 0. The van der Waals surface area contributed by atoms with Crippen molar-refractivity contribution in [2.45, 2.75) is 0 Å². The van der Waals surface area contributed by atoms with E-state index in [1.165, 1.54) is 0 Å². The Labute approximate surface area is 114 Å². The Hall–Kier alpha value is -0.412. The van der Waals surface area contributed by atoms with Gasteiger partial charge in [-0.05, 0) is 6.07 Å². The van der Waals surface area contributed by atoms with Crippen molar-refractivity contribution in [1.82, 2.24) is 16.3 Å². The Bertz CT molecular complexity index is 444. The molecule has 4 nitrogen and oxygen atoms in total. The van der Waals surface area contributed by atoms with E-state index in [-0.39, 0.29) is 57.6 Å². The van der Waals surface area contributed by atoms with E-state index in [1.54, 1.807) is 12.3 Å². The van der Waals surface area contributed by atoms with Crippen molar-refractivity contribution in [2.75, 3.05) is 0 Å². The van der Waals surface area contributed by atoms with E-state index in [4.69, 9.17) is 0 Å². The molecule has 7 heteroatoms. The monoisotopic (exact) mass is 428 g/mol.